The number of H-pyrrole nitrogens is 1. The summed E-state index contributed by atoms with van der Waals surface area (Å²) in [7, 11) is 0. The molecule has 0 aliphatic rings. The lowest BCUT2D eigenvalue weighted by Gasteiger charge is -2.07. The molecule has 1 N–H and O–H groups in total. The van der Waals surface area contributed by atoms with Crippen molar-refractivity contribution in [2.24, 2.45) is 0 Å². The van der Waals surface area contributed by atoms with E-state index in [1.54, 1.807) is 35.5 Å². The van der Waals surface area contributed by atoms with Gasteiger partial charge in [0.1, 0.15) is 11.3 Å². The maximum Gasteiger partial charge on any atom is 0.266 e. The molecule has 4 aromatic rings. The van der Waals surface area contributed by atoms with Gasteiger partial charge in [-0.05, 0) is 23.8 Å². The van der Waals surface area contributed by atoms with E-state index in [9.17, 15) is 13.2 Å². The van der Waals surface area contributed by atoms with E-state index in [1.807, 2.05) is 0 Å². The van der Waals surface area contributed by atoms with Crippen LogP contribution in [0, 0.1) is 5.82 Å². The zero-order chi connectivity index (χ0) is 17.4. The Balaban J connectivity index is 1.77. The van der Waals surface area contributed by atoms with Gasteiger partial charge in [-0.1, -0.05) is 6.07 Å². The van der Waals surface area contributed by atoms with Crippen LogP contribution in [0.25, 0.3) is 22.2 Å². The van der Waals surface area contributed by atoms with Crippen LogP contribution in [0.3, 0.4) is 0 Å². The van der Waals surface area contributed by atoms with Crippen molar-refractivity contribution in [1.29, 1.82) is 0 Å². The van der Waals surface area contributed by atoms with Crippen LogP contribution in [-0.4, -0.2) is 25.0 Å². The highest BCUT2D eigenvalue weighted by Gasteiger charge is 2.15. The smallest absolute Gasteiger partial charge is 0.266 e. The molecule has 25 heavy (non-hydrogen) atoms. The van der Waals surface area contributed by atoms with Crippen LogP contribution in [0.4, 0.5) is 13.2 Å². The number of fused-ring (bicyclic) bond motifs is 1. The number of hydrogen-bond donors (Lipinski definition) is 1. The Kier molecular flexibility index (Phi) is 3.72. The van der Waals surface area contributed by atoms with E-state index in [0.29, 0.717) is 23.2 Å². The molecule has 0 atom stereocenters. The molecule has 0 unspecified atom stereocenters. The van der Waals surface area contributed by atoms with Gasteiger partial charge < -0.3 is 0 Å². The van der Waals surface area contributed by atoms with Crippen LogP contribution in [0.5, 0.6) is 0 Å². The van der Waals surface area contributed by atoms with Gasteiger partial charge in [-0.2, -0.15) is 10.2 Å². The number of benzene rings is 1. The minimum atomic E-state index is -2.87. The average molecular weight is 343 g/mol. The molecule has 8 heteroatoms. The van der Waals surface area contributed by atoms with Crippen molar-refractivity contribution in [2.75, 3.05) is 0 Å². The second-order valence-electron chi connectivity index (χ2n) is 5.57. The lowest BCUT2D eigenvalue weighted by Crippen LogP contribution is -2.00. The van der Waals surface area contributed by atoms with E-state index in [2.05, 4.69) is 20.3 Å². The third-order valence-corrected chi connectivity index (χ3v) is 3.95. The van der Waals surface area contributed by atoms with Gasteiger partial charge in [0, 0.05) is 23.5 Å². The van der Waals surface area contributed by atoms with Crippen LogP contribution < -0.4 is 0 Å². The maximum absolute atomic E-state index is 13.5. The van der Waals surface area contributed by atoms with Crippen LogP contribution in [0.15, 0.2) is 49.1 Å². The number of alkyl halides is 2. The monoisotopic (exact) mass is 343 g/mol. The average Bonchev–Trinajstić information content (AvgIpc) is 3.25. The topological polar surface area (TPSA) is 59.4 Å². The minimum absolute atomic E-state index is 0.474. The summed E-state index contributed by atoms with van der Waals surface area (Å²) in [5, 5.41) is 10.9. The SMILES string of the molecule is Fc1ccc(-c2cnc3cnn(Cc4cn[nH]c4)c3c2)cc1C(F)F. The summed E-state index contributed by atoms with van der Waals surface area (Å²) in [5.41, 5.74) is 2.84. The first-order chi connectivity index (χ1) is 12.1. The third kappa shape index (κ3) is 2.86. The molecule has 3 aromatic heterocycles. The zero-order valence-electron chi connectivity index (χ0n) is 12.8. The van der Waals surface area contributed by atoms with Gasteiger partial charge in [0.2, 0.25) is 0 Å². The van der Waals surface area contributed by atoms with Crippen LogP contribution in [0.1, 0.15) is 17.6 Å². The van der Waals surface area contributed by atoms with Crippen LogP contribution in [0.2, 0.25) is 0 Å². The minimum Gasteiger partial charge on any atom is -0.285 e. The number of nitrogens with zero attached hydrogens (tertiary/aromatic N) is 4. The highest BCUT2D eigenvalue weighted by Crippen LogP contribution is 2.29. The van der Waals surface area contributed by atoms with Gasteiger partial charge >= 0.3 is 0 Å². The van der Waals surface area contributed by atoms with Gasteiger partial charge in [0.05, 0.1) is 30.0 Å². The normalized spacial score (nSPS) is 11.5. The highest BCUT2D eigenvalue weighted by atomic mass is 19.3. The Hall–Kier alpha value is -3.16. The highest BCUT2D eigenvalue weighted by molar-refractivity contribution is 5.80. The van der Waals surface area contributed by atoms with Gasteiger partial charge in [0.15, 0.2) is 0 Å². The number of aromatic amines is 1. The summed E-state index contributed by atoms with van der Waals surface area (Å²) in [6.45, 7) is 0.497. The molecule has 0 radical (unpaired) electrons. The van der Waals surface area contributed by atoms with Gasteiger partial charge in [-0.25, -0.2) is 13.2 Å². The molecular weight excluding hydrogens is 331 g/mol. The van der Waals surface area contributed by atoms with Crippen molar-refractivity contribution in [2.45, 2.75) is 13.0 Å². The molecule has 1 aromatic carbocycles. The van der Waals surface area contributed by atoms with Crippen molar-refractivity contribution in [3.8, 4) is 11.1 Å². The summed E-state index contributed by atoms with van der Waals surface area (Å²) in [5.74, 6) is -0.919. The second-order valence-corrected chi connectivity index (χ2v) is 5.57. The lowest BCUT2D eigenvalue weighted by molar-refractivity contribution is 0.146. The predicted molar refractivity (Wildman–Crippen MR) is 85.6 cm³/mol. The van der Waals surface area contributed by atoms with Gasteiger partial charge in [0.25, 0.3) is 6.43 Å². The quantitative estimate of drug-likeness (QED) is 0.610. The van der Waals surface area contributed by atoms with E-state index < -0.39 is 17.8 Å². The first-order valence-electron chi connectivity index (χ1n) is 7.49. The summed E-state index contributed by atoms with van der Waals surface area (Å²) in [6, 6.07) is 5.46. The molecule has 126 valence electrons. The van der Waals surface area contributed by atoms with Gasteiger partial charge in [-0.15, -0.1) is 0 Å². The number of nitrogens with one attached hydrogen (secondary N) is 1. The molecule has 0 saturated heterocycles. The molecule has 4 rings (SSSR count). The first-order valence-corrected chi connectivity index (χ1v) is 7.49. The molecule has 3 heterocycles. The fourth-order valence-electron chi connectivity index (χ4n) is 2.67. The van der Waals surface area contributed by atoms with Gasteiger partial charge in [-0.3, -0.25) is 14.8 Å². The second kappa shape index (κ2) is 6.04. The molecule has 0 amide bonds. The molecule has 0 aliphatic carbocycles. The van der Waals surface area contributed by atoms with E-state index >= 15 is 0 Å². The van der Waals surface area contributed by atoms with E-state index in [1.165, 1.54) is 6.07 Å². The molecule has 5 nitrogen and oxygen atoms in total. The Bertz CT molecular complexity index is 1020. The Morgan fingerprint density at radius 1 is 1.08 bits per heavy atom. The fourth-order valence-corrected chi connectivity index (χ4v) is 2.67. The van der Waals surface area contributed by atoms with E-state index in [4.69, 9.17) is 0 Å². The van der Waals surface area contributed by atoms with E-state index in [-0.39, 0.29) is 0 Å². The van der Waals surface area contributed by atoms with Crippen LogP contribution in [-0.2, 0) is 6.54 Å². The van der Waals surface area contributed by atoms with Crippen molar-refractivity contribution >= 4 is 11.0 Å². The number of hydrogen-bond acceptors (Lipinski definition) is 3. The van der Waals surface area contributed by atoms with Crippen molar-refractivity contribution in [3.63, 3.8) is 0 Å². The van der Waals surface area contributed by atoms with Crippen LogP contribution >= 0.6 is 0 Å². The summed E-state index contributed by atoms with van der Waals surface area (Å²) in [6.07, 6.45) is 3.78. The molecular formula is C17H12F3N5. The maximum atomic E-state index is 13.5. The number of halogens is 3. The summed E-state index contributed by atoms with van der Waals surface area (Å²) >= 11 is 0. The number of pyridine rings is 1. The molecule has 0 bridgehead atoms. The summed E-state index contributed by atoms with van der Waals surface area (Å²) < 4.78 is 41.1. The Morgan fingerprint density at radius 3 is 2.72 bits per heavy atom. The summed E-state index contributed by atoms with van der Waals surface area (Å²) in [4.78, 5) is 4.32. The number of aromatic nitrogens is 5. The Labute approximate surface area is 140 Å². The zero-order valence-corrected chi connectivity index (χ0v) is 12.8. The largest absolute Gasteiger partial charge is 0.285 e. The molecule has 0 saturated carbocycles. The Morgan fingerprint density at radius 2 is 1.96 bits per heavy atom. The van der Waals surface area contributed by atoms with E-state index in [0.717, 1.165) is 23.2 Å². The predicted octanol–water partition coefficient (Wildman–Crippen LogP) is 3.95. The molecule has 0 spiro atoms. The molecule has 0 aliphatic heterocycles. The standard InChI is InChI=1S/C17H12F3N5/c18-14-2-1-11(3-13(14)17(19)20)12-4-16-15(21-7-12)8-24-25(16)9-10-5-22-23-6-10/h1-8,17H,9H2,(H,22,23). The molecule has 0 fully saturated rings. The van der Waals surface area contributed by atoms with Crippen molar-refractivity contribution < 1.29 is 13.2 Å². The lowest BCUT2D eigenvalue weighted by atomic mass is 10.0. The fraction of sp³-hybridized carbons (Fsp3) is 0.118. The first kappa shape index (κ1) is 15.4. The van der Waals surface area contributed by atoms with Crippen molar-refractivity contribution in [1.82, 2.24) is 25.0 Å². The number of rotatable bonds is 4. The van der Waals surface area contributed by atoms with Crippen molar-refractivity contribution in [3.05, 3.63) is 66.0 Å². The third-order valence-electron chi connectivity index (χ3n) is 3.95.